The number of carbonyl (C=O) groups is 2. The second kappa shape index (κ2) is 9.00. The molecule has 168 valence electrons. The second-order valence-electron chi connectivity index (χ2n) is 8.10. The lowest BCUT2D eigenvalue weighted by Crippen LogP contribution is -2.25. The number of halogens is 2. The quantitative estimate of drug-likeness (QED) is 0.281. The van der Waals surface area contributed by atoms with Crippen molar-refractivity contribution in [3.8, 4) is 22.4 Å². The molecule has 2 aromatic heterocycles. The van der Waals surface area contributed by atoms with Crippen LogP contribution in [0.25, 0.3) is 33.5 Å². The molecular weight excluding hydrogens is 459 g/mol. The van der Waals surface area contributed by atoms with Crippen LogP contribution in [0, 0.1) is 5.92 Å². The van der Waals surface area contributed by atoms with Crippen LogP contribution in [0.4, 0.5) is 5.69 Å². The zero-order valence-corrected chi connectivity index (χ0v) is 20.2. The van der Waals surface area contributed by atoms with Crippen LogP contribution in [0.3, 0.4) is 0 Å². The van der Waals surface area contributed by atoms with Gasteiger partial charge in [0.1, 0.15) is 5.69 Å². The number of benzene rings is 2. The molecule has 0 N–H and O–H groups in total. The molecule has 4 rings (SSSR count). The number of anilines is 1. The molecular formula is C26H22Cl2N2O3. The standard InChI is InChI=1S/C26H22Cl2N2O3/c1-14(2)24(32)25-23(30(4)15(3)31)20-13-19(16-9-11-17(27)12-10-16)22(29-26(20)33-25)18-7-5-6-8-21(18)28/h5-14H,1-4H3. The summed E-state index contributed by atoms with van der Waals surface area (Å²) in [6.45, 7) is 5.01. The third-order valence-corrected chi connectivity index (χ3v) is 6.08. The molecule has 7 heteroatoms. The van der Waals surface area contributed by atoms with Crippen LogP contribution in [0.15, 0.2) is 59.0 Å². The van der Waals surface area contributed by atoms with Crippen molar-refractivity contribution in [2.45, 2.75) is 20.8 Å². The Labute approximate surface area is 201 Å². The van der Waals surface area contributed by atoms with Gasteiger partial charge in [-0.2, -0.15) is 0 Å². The number of aromatic nitrogens is 1. The van der Waals surface area contributed by atoms with Crippen LogP contribution in [-0.2, 0) is 4.79 Å². The maximum atomic E-state index is 13.0. The summed E-state index contributed by atoms with van der Waals surface area (Å²) in [4.78, 5) is 31.5. The predicted molar refractivity (Wildman–Crippen MR) is 133 cm³/mol. The van der Waals surface area contributed by atoms with Gasteiger partial charge in [0.2, 0.25) is 17.4 Å². The number of carbonyl (C=O) groups excluding carboxylic acids is 2. The van der Waals surface area contributed by atoms with Gasteiger partial charge in [-0.25, -0.2) is 4.98 Å². The fourth-order valence-corrected chi connectivity index (χ4v) is 3.99. The zero-order chi connectivity index (χ0) is 23.9. The van der Waals surface area contributed by atoms with E-state index < -0.39 is 0 Å². The minimum atomic E-state index is -0.316. The summed E-state index contributed by atoms with van der Waals surface area (Å²) in [7, 11) is 1.62. The van der Waals surface area contributed by atoms with E-state index in [1.165, 1.54) is 11.8 Å². The number of rotatable bonds is 5. The number of ketones is 1. The molecule has 2 heterocycles. The molecule has 0 saturated carbocycles. The predicted octanol–water partition coefficient (Wildman–Crippen LogP) is 7.29. The number of hydrogen-bond acceptors (Lipinski definition) is 4. The van der Waals surface area contributed by atoms with E-state index in [0.29, 0.717) is 26.8 Å². The molecule has 1 amide bonds. The number of pyridine rings is 1. The molecule has 0 unspecified atom stereocenters. The average Bonchev–Trinajstić information content (AvgIpc) is 3.16. The van der Waals surface area contributed by atoms with Crippen molar-refractivity contribution >= 4 is 51.7 Å². The van der Waals surface area contributed by atoms with Crippen molar-refractivity contribution in [2.75, 3.05) is 11.9 Å². The number of fused-ring (bicyclic) bond motifs is 1. The molecule has 0 aliphatic rings. The van der Waals surface area contributed by atoms with E-state index >= 15 is 0 Å². The van der Waals surface area contributed by atoms with E-state index in [4.69, 9.17) is 32.6 Å². The van der Waals surface area contributed by atoms with Gasteiger partial charge >= 0.3 is 0 Å². The Kier molecular flexibility index (Phi) is 6.28. The highest BCUT2D eigenvalue weighted by Crippen LogP contribution is 2.41. The molecule has 0 radical (unpaired) electrons. The van der Waals surface area contributed by atoms with E-state index in [1.807, 2.05) is 36.4 Å². The number of nitrogens with zero attached hydrogens (tertiary/aromatic N) is 2. The zero-order valence-electron chi connectivity index (χ0n) is 18.6. The van der Waals surface area contributed by atoms with Gasteiger partial charge < -0.3 is 9.32 Å². The van der Waals surface area contributed by atoms with Crippen LogP contribution in [0.1, 0.15) is 31.3 Å². The normalized spacial score (nSPS) is 11.2. The van der Waals surface area contributed by atoms with Gasteiger partial charge in [-0.3, -0.25) is 9.59 Å². The van der Waals surface area contributed by atoms with Gasteiger partial charge in [0.05, 0.1) is 11.1 Å². The molecule has 2 aromatic carbocycles. The SMILES string of the molecule is CC(=O)N(C)c1c(C(=O)C(C)C)oc2nc(-c3ccccc3Cl)c(-c3ccc(Cl)cc3)cc12. The monoisotopic (exact) mass is 480 g/mol. The third-order valence-electron chi connectivity index (χ3n) is 5.50. The van der Waals surface area contributed by atoms with Crippen LogP contribution < -0.4 is 4.90 Å². The largest absolute Gasteiger partial charge is 0.432 e. The highest BCUT2D eigenvalue weighted by Gasteiger charge is 2.29. The van der Waals surface area contributed by atoms with E-state index in [9.17, 15) is 9.59 Å². The van der Waals surface area contributed by atoms with Crippen LogP contribution in [0.5, 0.6) is 0 Å². The van der Waals surface area contributed by atoms with Crippen molar-refractivity contribution in [3.05, 3.63) is 70.4 Å². The van der Waals surface area contributed by atoms with Crippen molar-refractivity contribution < 1.29 is 14.0 Å². The lowest BCUT2D eigenvalue weighted by Gasteiger charge is -2.16. The van der Waals surface area contributed by atoms with Crippen LogP contribution in [-0.4, -0.2) is 23.7 Å². The summed E-state index contributed by atoms with van der Waals surface area (Å²) in [6, 6.07) is 16.6. The second-order valence-corrected chi connectivity index (χ2v) is 8.94. The molecule has 33 heavy (non-hydrogen) atoms. The third kappa shape index (κ3) is 4.26. The Hall–Kier alpha value is -3.15. The van der Waals surface area contributed by atoms with Gasteiger partial charge in [-0.1, -0.05) is 67.4 Å². The Balaban J connectivity index is 2.10. The summed E-state index contributed by atoms with van der Waals surface area (Å²) in [6.07, 6.45) is 0. The fraction of sp³-hybridized carbons (Fsp3) is 0.192. The number of hydrogen-bond donors (Lipinski definition) is 0. The van der Waals surface area contributed by atoms with Gasteiger partial charge in [0.25, 0.3) is 0 Å². The smallest absolute Gasteiger partial charge is 0.229 e. The van der Waals surface area contributed by atoms with E-state index in [2.05, 4.69) is 0 Å². The molecule has 0 aliphatic carbocycles. The molecule has 0 aliphatic heterocycles. The summed E-state index contributed by atoms with van der Waals surface area (Å²) >= 11 is 12.6. The molecule has 0 bridgehead atoms. The molecule has 0 fully saturated rings. The summed E-state index contributed by atoms with van der Waals surface area (Å²) in [5, 5.41) is 1.71. The topological polar surface area (TPSA) is 63.4 Å². The molecule has 5 nitrogen and oxygen atoms in total. The maximum absolute atomic E-state index is 13.0. The summed E-state index contributed by atoms with van der Waals surface area (Å²) in [5.74, 6) is -0.630. The Morgan fingerprint density at radius 3 is 2.27 bits per heavy atom. The van der Waals surface area contributed by atoms with E-state index in [1.54, 1.807) is 39.1 Å². The lowest BCUT2D eigenvalue weighted by molar-refractivity contribution is -0.116. The van der Waals surface area contributed by atoms with Crippen molar-refractivity contribution in [1.82, 2.24) is 4.98 Å². The molecule has 0 spiro atoms. The Morgan fingerprint density at radius 1 is 1.00 bits per heavy atom. The number of amides is 1. The fourth-order valence-electron chi connectivity index (χ4n) is 3.64. The van der Waals surface area contributed by atoms with E-state index in [0.717, 1.165) is 16.7 Å². The van der Waals surface area contributed by atoms with Gasteiger partial charge in [-0.05, 0) is 29.8 Å². The van der Waals surface area contributed by atoms with Gasteiger partial charge in [-0.15, -0.1) is 0 Å². The first-order valence-electron chi connectivity index (χ1n) is 10.5. The maximum Gasteiger partial charge on any atom is 0.229 e. The van der Waals surface area contributed by atoms with Gasteiger partial charge in [0, 0.05) is 41.1 Å². The van der Waals surface area contributed by atoms with Crippen LogP contribution >= 0.6 is 23.2 Å². The molecule has 0 atom stereocenters. The number of Topliss-reactive ketones (excluding diaryl/α,β-unsaturated/α-hetero) is 1. The first-order valence-corrected chi connectivity index (χ1v) is 11.2. The van der Waals surface area contributed by atoms with Crippen molar-refractivity contribution in [2.24, 2.45) is 5.92 Å². The average molecular weight is 481 g/mol. The highest BCUT2D eigenvalue weighted by molar-refractivity contribution is 6.33. The van der Waals surface area contributed by atoms with Gasteiger partial charge in [0.15, 0.2) is 5.76 Å². The Bertz CT molecular complexity index is 1370. The minimum absolute atomic E-state index is 0.114. The molecule has 0 saturated heterocycles. The summed E-state index contributed by atoms with van der Waals surface area (Å²) in [5.41, 5.74) is 3.62. The van der Waals surface area contributed by atoms with E-state index in [-0.39, 0.29) is 29.1 Å². The van der Waals surface area contributed by atoms with Crippen LogP contribution in [0.2, 0.25) is 10.0 Å². The Morgan fingerprint density at radius 2 is 1.67 bits per heavy atom. The lowest BCUT2D eigenvalue weighted by atomic mass is 9.97. The first kappa shape index (κ1) is 23.0. The minimum Gasteiger partial charge on any atom is -0.432 e. The van der Waals surface area contributed by atoms with Crippen molar-refractivity contribution in [1.29, 1.82) is 0 Å². The first-order chi connectivity index (χ1) is 15.7. The summed E-state index contributed by atoms with van der Waals surface area (Å²) < 4.78 is 5.99. The molecule has 4 aromatic rings. The number of furan rings is 1. The highest BCUT2D eigenvalue weighted by atomic mass is 35.5. The van der Waals surface area contributed by atoms with Crippen molar-refractivity contribution in [3.63, 3.8) is 0 Å².